The second-order valence-corrected chi connectivity index (χ2v) is 5.96. The standard InChI is InChI=1S/C17H18BrF2N/c1-3-21-17(13-5-4-11(2)16(18)9-13)8-12-6-14(19)10-15(20)7-12/h4-7,9-10,17,21H,3,8H2,1-2H3. The van der Waals surface area contributed by atoms with Crippen LogP contribution in [0.4, 0.5) is 8.78 Å². The molecule has 0 aromatic heterocycles. The largest absolute Gasteiger partial charge is 0.310 e. The van der Waals surface area contributed by atoms with Gasteiger partial charge in [0.15, 0.2) is 0 Å². The molecular formula is C17H18BrF2N. The quantitative estimate of drug-likeness (QED) is 0.803. The van der Waals surface area contributed by atoms with E-state index in [4.69, 9.17) is 0 Å². The van der Waals surface area contributed by atoms with Gasteiger partial charge in [0.05, 0.1) is 0 Å². The van der Waals surface area contributed by atoms with Crippen molar-refractivity contribution in [2.45, 2.75) is 26.3 Å². The molecule has 0 spiro atoms. The lowest BCUT2D eigenvalue weighted by Crippen LogP contribution is -2.23. The average Bonchev–Trinajstić information content (AvgIpc) is 2.40. The van der Waals surface area contributed by atoms with Crippen LogP contribution in [-0.4, -0.2) is 6.54 Å². The Kier molecular flexibility index (Phi) is 5.48. The van der Waals surface area contributed by atoms with Crippen LogP contribution in [0.25, 0.3) is 0 Å². The van der Waals surface area contributed by atoms with Gasteiger partial charge in [-0.25, -0.2) is 8.78 Å². The number of nitrogens with one attached hydrogen (secondary N) is 1. The summed E-state index contributed by atoms with van der Waals surface area (Å²) in [5.41, 5.74) is 2.90. The van der Waals surface area contributed by atoms with Crippen LogP contribution in [0.1, 0.15) is 29.7 Å². The maximum absolute atomic E-state index is 13.3. The van der Waals surface area contributed by atoms with E-state index in [-0.39, 0.29) is 6.04 Å². The molecule has 1 N–H and O–H groups in total. The molecule has 2 rings (SSSR count). The monoisotopic (exact) mass is 353 g/mol. The van der Waals surface area contributed by atoms with Crippen molar-refractivity contribution in [3.8, 4) is 0 Å². The topological polar surface area (TPSA) is 12.0 Å². The molecule has 0 bridgehead atoms. The molecule has 0 saturated carbocycles. The van der Waals surface area contributed by atoms with Crippen LogP contribution in [0.3, 0.4) is 0 Å². The van der Waals surface area contributed by atoms with Crippen molar-refractivity contribution < 1.29 is 8.78 Å². The third kappa shape index (κ3) is 4.35. The fraction of sp³-hybridized carbons (Fsp3) is 0.294. The zero-order valence-electron chi connectivity index (χ0n) is 12.1. The highest BCUT2D eigenvalue weighted by molar-refractivity contribution is 9.10. The van der Waals surface area contributed by atoms with Gasteiger partial charge in [-0.15, -0.1) is 0 Å². The van der Waals surface area contributed by atoms with Gasteiger partial charge in [0, 0.05) is 16.6 Å². The third-order valence-corrected chi connectivity index (χ3v) is 4.27. The van der Waals surface area contributed by atoms with Crippen molar-refractivity contribution in [3.63, 3.8) is 0 Å². The Labute approximate surface area is 132 Å². The van der Waals surface area contributed by atoms with E-state index in [1.807, 2.05) is 26.0 Å². The first kappa shape index (κ1) is 16.1. The lowest BCUT2D eigenvalue weighted by Gasteiger charge is -2.19. The molecule has 21 heavy (non-hydrogen) atoms. The number of rotatable bonds is 5. The second-order valence-electron chi connectivity index (χ2n) is 5.10. The van der Waals surface area contributed by atoms with Crippen LogP contribution >= 0.6 is 15.9 Å². The summed E-state index contributed by atoms with van der Waals surface area (Å²) in [6.45, 7) is 4.83. The predicted molar refractivity (Wildman–Crippen MR) is 85.4 cm³/mol. The van der Waals surface area contributed by atoms with Crippen LogP contribution in [0.2, 0.25) is 0 Å². The highest BCUT2D eigenvalue weighted by Gasteiger charge is 2.13. The fourth-order valence-corrected chi connectivity index (χ4v) is 2.74. The SMILES string of the molecule is CCNC(Cc1cc(F)cc(F)c1)c1ccc(C)c(Br)c1. The van der Waals surface area contributed by atoms with Gasteiger partial charge in [-0.2, -0.15) is 0 Å². The minimum atomic E-state index is -0.537. The molecule has 2 aromatic rings. The molecule has 0 saturated heterocycles. The lowest BCUT2D eigenvalue weighted by molar-refractivity contribution is 0.538. The highest BCUT2D eigenvalue weighted by Crippen LogP contribution is 2.25. The van der Waals surface area contributed by atoms with Crippen molar-refractivity contribution in [3.05, 3.63) is 69.2 Å². The number of hydrogen-bond acceptors (Lipinski definition) is 1. The third-order valence-electron chi connectivity index (χ3n) is 3.41. The molecule has 1 nitrogen and oxygen atoms in total. The summed E-state index contributed by atoms with van der Waals surface area (Å²) < 4.78 is 27.7. The average molecular weight is 354 g/mol. The van der Waals surface area contributed by atoms with Crippen molar-refractivity contribution in [2.24, 2.45) is 0 Å². The fourth-order valence-electron chi connectivity index (χ4n) is 2.34. The van der Waals surface area contributed by atoms with Crippen LogP contribution in [0.15, 0.2) is 40.9 Å². The van der Waals surface area contributed by atoms with Gasteiger partial charge in [0.25, 0.3) is 0 Å². The summed E-state index contributed by atoms with van der Waals surface area (Å²) in [5.74, 6) is -1.07. The summed E-state index contributed by atoms with van der Waals surface area (Å²) in [5, 5.41) is 3.37. The molecule has 0 aliphatic heterocycles. The molecule has 2 aromatic carbocycles. The smallest absolute Gasteiger partial charge is 0.126 e. The maximum Gasteiger partial charge on any atom is 0.126 e. The van der Waals surface area contributed by atoms with E-state index in [1.165, 1.54) is 12.1 Å². The van der Waals surface area contributed by atoms with E-state index in [9.17, 15) is 8.78 Å². The Balaban J connectivity index is 2.27. The van der Waals surface area contributed by atoms with Gasteiger partial charge in [-0.1, -0.05) is 35.0 Å². The zero-order chi connectivity index (χ0) is 15.4. The van der Waals surface area contributed by atoms with Crippen LogP contribution in [0.5, 0.6) is 0 Å². The van der Waals surface area contributed by atoms with Crippen LogP contribution < -0.4 is 5.32 Å². The molecule has 0 aliphatic carbocycles. The van der Waals surface area contributed by atoms with Gasteiger partial charge >= 0.3 is 0 Å². The Hall–Kier alpha value is -1.26. The maximum atomic E-state index is 13.3. The Morgan fingerprint density at radius 2 is 1.76 bits per heavy atom. The van der Waals surface area contributed by atoms with E-state index in [0.717, 1.165) is 28.2 Å². The molecule has 0 fully saturated rings. The first-order valence-electron chi connectivity index (χ1n) is 6.94. The van der Waals surface area contributed by atoms with Crippen LogP contribution in [-0.2, 0) is 6.42 Å². The normalized spacial score (nSPS) is 12.4. The van der Waals surface area contributed by atoms with Gasteiger partial charge in [0.1, 0.15) is 11.6 Å². The van der Waals surface area contributed by atoms with E-state index in [1.54, 1.807) is 0 Å². The Morgan fingerprint density at radius 1 is 1.10 bits per heavy atom. The number of aryl methyl sites for hydroxylation is 1. The first-order valence-corrected chi connectivity index (χ1v) is 7.73. The summed E-state index contributed by atoms with van der Waals surface area (Å²) in [4.78, 5) is 0. The number of likely N-dealkylation sites (N-methyl/N-ethyl adjacent to an activating group) is 1. The molecule has 0 aliphatic rings. The molecule has 1 unspecified atom stereocenters. The molecule has 1 atom stereocenters. The van der Waals surface area contributed by atoms with Gasteiger partial charge in [-0.3, -0.25) is 0 Å². The first-order chi connectivity index (χ1) is 9.99. The van der Waals surface area contributed by atoms with Gasteiger partial charge in [0.2, 0.25) is 0 Å². The predicted octanol–water partition coefficient (Wildman–Crippen LogP) is 4.93. The van der Waals surface area contributed by atoms with Crippen molar-refractivity contribution >= 4 is 15.9 Å². The minimum Gasteiger partial charge on any atom is -0.310 e. The molecule has 112 valence electrons. The molecule has 0 heterocycles. The van der Waals surface area contributed by atoms with Crippen molar-refractivity contribution in [1.29, 1.82) is 0 Å². The van der Waals surface area contributed by atoms with E-state index < -0.39 is 11.6 Å². The summed E-state index contributed by atoms with van der Waals surface area (Å²) in [7, 11) is 0. The number of halogens is 3. The van der Waals surface area contributed by atoms with Gasteiger partial charge < -0.3 is 5.32 Å². The van der Waals surface area contributed by atoms with Crippen molar-refractivity contribution in [1.82, 2.24) is 5.32 Å². The van der Waals surface area contributed by atoms with E-state index in [2.05, 4.69) is 27.3 Å². The summed E-state index contributed by atoms with van der Waals surface area (Å²) in [6.07, 6.45) is 0.540. The molecule has 0 radical (unpaired) electrons. The Bertz CT molecular complexity index is 608. The highest BCUT2D eigenvalue weighted by atomic mass is 79.9. The van der Waals surface area contributed by atoms with Gasteiger partial charge in [-0.05, 0) is 54.8 Å². The summed E-state index contributed by atoms with van der Waals surface area (Å²) >= 11 is 3.53. The molecule has 4 heteroatoms. The second kappa shape index (κ2) is 7.14. The lowest BCUT2D eigenvalue weighted by atomic mass is 9.98. The Morgan fingerprint density at radius 3 is 2.33 bits per heavy atom. The number of hydrogen-bond donors (Lipinski definition) is 1. The van der Waals surface area contributed by atoms with E-state index in [0.29, 0.717) is 12.0 Å². The number of benzene rings is 2. The van der Waals surface area contributed by atoms with E-state index >= 15 is 0 Å². The molecular weight excluding hydrogens is 336 g/mol. The van der Waals surface area contributed by atoms with Crippen LogP contribution in [0, 0.1) is 18.6 Å². The zero-order valence-corrected chi connectivity index (χ0v) is 13.7. The summed E-state index contributed by atoms with van der Waals surface area (Å²) in [6, 6.07) is 9.83. The molecule has 0 amide bonds. The van der Waals surface area contributed by atoms with Crippen molar-refractivity contribution in [2.75, 3.05) is 6.54 Å². The minimum absolute atomic E-state index is 0.0214.